The highest BCUT2D eigenvalue weighted by atomic mass is 32.2. The molecule has 1 aliphatic heterocycles. The fourth-order valence-electron chi connectivity index (χ4n) is 2.18. The standard InChI is InChI=1S/C14H11F6N3O2S/c1-25-12(24)11-23(8-6-4-3-5-7-8)9(21-13(15,16)17)10(26(11)2)22-14(18,19)20/h3-7,11H,2H2,1H3. The molecule has 1 aliphatic rings. The van der Waals surface area contributed by atoms with Crippen LogP contribution in [0.5, 0.6) is 0 Å². The van der Waals surface area contributed by atoms with E-state index in [-0.39, 0.29) is 5.69 Å². The van der Waals surface area contributed by atoms with Crippen LogP contribution in [0.3, 0.4) is 0 Å². The second-order valence-corrected chi connectivity index (χ2v) is 6.49. The molecule has 1 aromatic rings. The Kier molecular flexibility index (Phi) is 5.44. The number of hydrogen-bond donors (Lipinski definition) is 0. The number of anilines is 1. The number of para-hydroxylation sites is 1. The summed E-state index contributed by atoms with van der Waals surface area (Å²) in [5.74, 6) is 1.21. The van der Waals surface area contributed by atoms with Crippen LogP contribution in [-0.2, 0) is 9.53 Å². The molecule has 1 aromatic carbocycles. The molecule has 26 heavy (non-hydrogen) atoms. The number of carbonyl (C=O) groups excluding carboxylic acids is 1. The summed E-state index contributed by atoms with van der Waals surface area (Å²) in [6.07, 6.45) is -10.4. The van der Waals surface area contributed by atoms with Crippen LogP contribution in [0.15, 0.2) is 40.3 Å². The third kappa shape index (κ3) is 4.42. The van der Waals surface area contributed by atoms with Gasteiger partial charge in [0, 0.05) is 5.69 Å². The first-order valence-corrected chi connectivity index (χ1v) is 8.19. The zero-order chi connectivity index (χ0) is 19.7. The normalized spacial score (nSPS) is 24.3. The lowest BCUT2D eigenvalue weighted by Crippen LogP contribution is -2.40. The van der Waals surface area contributed by atoms with Crippen LogP contribution in [0.2, 0.25) is 0 Å². The number of amidine groups is 1. The SMILES string of the molecule is C=S1C(=NC(F)(F)F)C(=NC(F)(F)F)N(c2ccccc2)C1C(=O)OC. The molecule has 142 valence electrons. The van der Waals surface area contributed by atoms with Gasteiger partial charge in [-0.05, 0) is 12.1 Å². The summed E-state index contributed by atoms with van der Waals surface area (Å²) in [5.41, 5.74) is 0.0134. The molecule has 0 aliphatic carbocycles. The average Bonchev–Trinajstić information content (AvgIpc) is 2.77. The summed E-state index contributed by atoms with van der Waals surface area (Å²) >= 11 is 0. The Morgan fingerprint density at radius 1 is 1.12 bits per heavy atom. The molecule has 2 atom stereocenters. The molecule has 2 unspecified atom stereocenters. The van der Waals surface area contributed by atoms with E-state index in [1.165, 1.54) is 24.3 Å². The second kappa shape index (κ2) is 7.09. The summed E-state index contributed by atoms with van der Waals surface area (Å²) in [6, 6.07) is 7.05. The van der Waals surface area contributed by atoms with E-state index >= 15 is 0 Å². The third-order valence-corrected chi connectivity index (χ3v) is 4.78. The number of ether oxygens (including phenoxy) is 1. The lowest BCUT2D eigenvalue weighted by molar-refractivity contribution is -0.139. The molecule has 0 radical (unpaired) electrons. The number of carbonyl (C=O) groups is 1. The van der Waals surface area contributed by atoms with Crippen molar-refractivity contribution < 1.29 is 35.9 Å². The molecule has 12 heteroatoms. The van der Waals surface area contributed by atoms with Crippen molar-refractivity contribution in [1.29, 1.82) is 0 Å². The van der Waals surface area contributed by atoms with Crippen molar-refractivity contribution in [3.8, 4) is 0 Å². The maximum atomic E-state index is 12.9. The number of nitrogens with zero attached hydrogens (tertiary/aromatic N) is 3. The Labute approximate surface area is 145 Å². The van der Waals surface area contributed by atoms with Gasteiger partial charge >= 0.3 is 18.6 Å². The van der Waals surface area contributed by atoms with Gasteiger partial charge in [-0.1, -0.05) is 24.1 Å². The molecule has 0 saturated carbocycles. The van der Waals surface area contributed by atoms with Crippen molar-refractivity contribution in [3.63, 3.8) is 0 Å². The Morgan fingerprint density at radius 2 is 1.65 bits per heavy atom. The van der Waals surface area contributed by atoms with Crippen molar-refractivity contribution in [2.45, 2.75) is 18.0 Å². The zero-order valence-corrected chi connectivity index (χ0v) is 13.8. The average molecular weight is 399 g/mol. The number of methoxy groups -OCH3 is 1. The van der Waals surface area contributed by atoms with Crippen molar-refractivity contribution in [2.24, 2.45) is 9.98 Å². The maximum absolute atomic E-state index is 12.9. The highest BCUT2D eigenvalue weighted by Gasteiger charge is 2.47. The summed E-state index contributed by atoms with van der Waals surface area (Å²) in [4.78, 5) is 17.6. The van der Waals surface area contributed by atoms with Gasteiger partial charge in [0.15, 0.2) is 11.2 Å². The Hall–Kier alpha value is -2.37. The van der Waals surface area contributed by atoms with Gasteiger partial charge in [-0.3, -0.25) is 0 Å². The molecular weight excluding hydrogens is 388 g/mol. The van der Waals surface area contributed by atoms with E-state index in [1.54, 1.807) is 6.07 Å². The van der Waals surface area contributed by atoms with Gasteiger partial charge in [0.25, 0.3) is 0 Å². The van der Waals surface area contributed by atoms with Crippen LogP contribution in [0.4, 0.5) is 32.0 Å². The molecule has 1 fully saturated rings. The molecule has 0 bridgehead atoms. The molecular formula is C14H11F6N3O2S. The van der Waals surface area contributed by atoms with Crippen molar-refractivity contribution in [2.75, 3.05) is 12.0 Å². The molecule has 0 N–H and O–H groups in total. The Morgan fingerprint density at radius 3 is 2.12 bits per heavy atom. The van der Waals surface area contributed by atoms with Gasteiger partial charge < -0.3 is 9.64 Å². The van der Waals surface area contributed by atoms with Crippen molar-refractivity contribution in [1.82, 2.24) is 0 Å². The van der Waals surface area contributed by atoms with Gasteiger partial charge in [0.2, 0.25) is 0 Å². The van der Waals surface area contributed by atoms with E-state index in [9.17, 15) is 31.1 Å². The topological polar surface area (TPSA) is 54.3 Å². The highest BCUT2D eigenvalue weighted by molar-refractivity contribution is 8.30. The molecule has 0 spiro atoms. The first kappa shape index (κ1) is 19.9. The van der Waals surface area contributed by atoms with Gasteiger partial charge in [-0.2, -0.15) is 9.98 Å². The Balaban J connectivity index is 2.76. The quantitative estimate of drug-likeness (QED) is 0.331. The molecule has 0 aromatic heterocycles. The van der Waals surface area contributed by atoms with E-state index < -0.39 is 45.3 Å². The maximum Gasteiger partial charge on any atom is 0.505 e. The number of alkyl halides is 6. The number of aliphatic imine (C=N–C) groups is 2. The van der Waals surface area contributed by atoms with E-state index in [0.29, 0.717) is 4.90 Å². The largest absolute Gasteiger partial charge is 0.505 e. The lowest BCUT2D eigenvalue weighted by Gasteiger charge is -2.24. The third-order valence-electron chi connectivity index (χ3n) is 3.07. The number of rotatable bonds is 2. The van der Waals surface area contributed by atoms with Crippen LogP contribution in [0, 0.1) is 0 Å². The van der Waals surface area contributed by atoms with Crippen LogP contribution in [-0.4, -0.2) is 47.8 Å². The molecule has 1 heterocycles. The van der Waals surface area contributed by atoms with E-state index in [0.717, 1.165) is 7.11 Å². The van der Waals surface area contributed by atoms with E-state index in [1.807, 2.05) is 0 Å². The first-order chi connectivity index (χ1) is 11.9. The second-order valence-electron chi connectivity index (χ2n) is 4.80. The number of benzene rings is 1. The van der Waals surface area contributed by atoms with Gasteiger partial charge in [0.1, 0.15) is 5.04 Å². The monoisotopic (exact) mass is 399 g/mol. The minimum Gasteiger partial charge on any atom is -0.467 e. The van der Waals surface area contributed by atoms with Crippen LogP contribution in [0.25, 0.3) is 0 Å². The summed E-state index contributed by atoms with van der Waals surface area (Å²) in [7, 11) is -0.959. The van der Waals surface area contributed by atoms with Crippen LogP contribution in [0.1, 0.15) is 0 Å². The van der Waals surface area contributed by atoms with Crippen LogP contribution < -0.4 is 4.90 Å². The predicted molar refractivity (Wildman–Crippen MR) is 86.4 cm³/mol. The van der Waals surface area contributed by atoms with Crippen molar-refractivity contribution in [3.05, 3.63) is 30.3 Å². The summed E-state index contributed by atoms with van der Waals surface area (Å²) < 4.78 is 81.3. The molecule has 5 nitrogen and oxygen atoms in total. The highest BCUT2D eigenvalue weighted by Crippen LogP contribution is 2.40. The zero-order valence-electron chi connectivity index (χ0n) is 13.0. The van der Waals surface area contributed by atoms with Gasteiger partial charge in [-0.15, -0.1) is 36.8 Å². The van der Waals surface area contributed by atoms with Gasteiger partial charge in [0.05, 0.1) is 7.11 Å². The smallest absolute Gasteiger partial charge is 0.467 e. The number of hydrogen-bond acceptors (Lipinski definition) is 4. The van der Waals surface area contributed by atoms with Crippen LogP contribution >= 0.6 is 10.5 Å². The molecule has 0 amide bonds. The molecule has 2 rings (SSSR count). The minimum atomic E-state index is -5.19. The number of esters is 1. The van der Waals surface area contributed by atoms with Gasteiger partial charge in [-0.25, -0.2) is 4.79 Å². The summed E-state index contributed by atoms with van der Waals surface area (Å²) in [6.45, 7) is 0. The van der Waals surface area contributed by atoms with Crippen molar-refractivity contribution >= 4 is 38.9 Å². The Bertz CT molecular complexity index is 773. The van der Waals surface area contributed by atoms with E-state index in [2.05, 4.69) is 20.6 Å². The first-order valence-electron chi connectivity index (χ1n) is 6.73. The minimum absolute atomic E-state index is 0.0134. The lowest BCUT2D eigenvalue weighted by atomic mass is 10.2. The fraction of sp³-hybridized carbons (Fsp3) is 0.286. The molecule has 1 saturated heterocycles. The predicted octanol–water partition coefficient (Wildman–Crippen LogP) is 3.54. The number of halogens is 6. The fourth-order valence-corrected chi connectivity index (χ4v) is 3.79. The van der Waals surface area contributed by atoms with E-state index in [4.69, 9.17) is 0 Å². The summed E-state index contributed by atoms with van der Waals surface area (Å²) in [5, 5.41) is -2.64.